The van der Waals surface area contributed by atoms with Crippen LogP contribution in [0, 0.1) is 0 Å². The molecule has 1 aliphatic heterocycles. The predicted octanol–water partition coefficient (Wildman–Crippen LogP) is 3.33. The summed E-state index contributed by atoms with van der Waals surface area (Å²) in [5.41, 5.74) is 0.782. The molecule has 0 saturated carbocycles. The van der Waals surface area contributed by atoms with Gasteiger partial charge in [0.2, 0.25) is 15.9 Å². The fraction of sp³-hybridized carbons (Fsp3) is 0.286. The van der Waals surface area contributed by atoms with E-state index in [-0.39, 0.29) is 16.8 Å². The molecule has 2 aromatic carbocycles. The molecule has 1 amide bonds. The normalized spacial score (nSPS) is 15.6. The molecule has 154 valence electrons. The largest absolute Gasteiger partial charge is 0.497 e. The summed E-state index contributed by atoms with van der Waals surface area (Å²) < 4.78 is 32.9. The highest BCUT2D eigenvalue weighted by Gasteiger charge is 2.26. The average Bonchev–Trinajstić information content (AvgIpc) is 2.73. The third-order valence-electron chi connectivity index (χ3n) is 4.81. The first-order valence-corrected chi connectivity index (χ1v) is 11.1. The number of amides is 1. The third kappa shape index (κ3) is 5.59. The number of halogens is 1. The number of nitrogens with zero attached hydrogens (tertiary/aromatic N) is 1. The van der Waals surface area contributed by atoms with Gasteiger partial charge in [-0.2, -0.15) is 0 Å². The van der Waals surface area contributed by atoms with E-state index in [1.54, 1.807) is 29.2 Å². The van der Waals surface area contributed by atoms with E-state index >= 15 is 0 Å². The van der Waals surface area contributed by atoms with Gasteiger partial charge in [0.1, 0.15) is 5.75 Å². The summed E-state index contributed by atoms with van der Waals surface area (Å²) in [7, 11) is -2.08. The summed E-state index contributed by atoms with van der Waals surface area (Å²) in [6.07, 6.45) is 4.31. The van der Waals surface area contributed by atoms with Crippen molar-refractivity contribution in [2.24, 2.45) is 0 Å². The molecule has 0 unspecified atom stereocenters. The Kier molecular flexibility index (Phi) is 6.95. The molecular formula is C21H23ClN2O4S. The van der Waals surface area contributed by atoms with Gasteiger partial charge in [0, 0.05) is 30.2 Å². The molecule has 0 spiro atoms. The first kappa shape index (κ1) is 21.4. The zero-order valence-electron chi connectivity index (χ0n) is 16.0. The van der Waals surface area contributed by atoms with Gasteiger partial charge in [0.15, 0.2) is 0 Å². The number of likely N-dealkylation sites (tertiary alicyclic amines) is 1. The average molecular weight is 435 g/mol. The van der Waals surface area contributed by atoms with E-state index in [0.29, 0.717) is 36.7 Å². The minimum Gasteiger partial charge on any atom is -0.497 e. The van der Waals surface area contributed by atoms with Crippen molar-refractivity contribution in [2.75, 3.05) is 20.2 Å². The number of nitrogens with one attached hydrogen (secondary N) is 1. The molecule has 8 heteroatoms. The van der Waals surface area contributed by atoms with Crippen LogP contribution < -0.4 is 9.46 Å². The maximum Gasteiger partial charge on any atom is 0.246 e. The van der Waals surface area contributed by atoms with Gasteiger partial charge >= 0.3 is 0 Å². The maximum absolute atomic E-state index is 12.6. The number of benzene rings is 2. The molecule has 2 aromatic rings. The van der Waals surface area contributed by atoms with Gasteiger partial charge in [0.05, 0.1) is 12.0 Å². The Hall–Kier alpha value is -2.35. The first-order valence-electron chi connectivity index (χ1n) is 9.27. The number of carbonyl (C=O) groups excluding carboxylic acids is 1. The van der Waals surface area contributed by atoms with E-state index in [0.717, 1.165) is 5.56 Å². The van der Waals surface area contributed by atoms with Crippen LogP contribution in [0.4, 0.5) is 0 Å². The highest BCUT2D eigenvalue weighted by molar-refractivity contribution is 7.89. The van der Waals surface area contributed by atoms with Crippen LogP contribution in [0.3, 0.4) is 0 Å². The summed E-state index contributed by atoms with van der Waals surface area (Å²) in [4.78, 5) is 14.3. The molecule has 0 bridgehead atoms. The van der Waals surface area contributed by atoms with Gasteiger partial charge in [-0.1, -0.05) is 29.8 Å². The molecule has 0 aliphatic carbocycles. The number of hydrogen-bond donors (Lipinski definition) is 1. The number of sulfonamides is 1. The van der Waals surface area contributed by atoms with Gasteiger partial charge in [0.25, 0.3) is 0 Å². The molecule has 3 rings (SSSR count). The summed E-state index contributed by atoms with van der Waals surface area (Å²) >= 11 is 6.09. The van der Waals surface area contributed by atoms with Gasteiger partial charge in [-0.3, -0.25) is 4.79 Å². The van der Waals surface area contributed by atoms with Gasteiger partial charge in [-0.05, 0) is 54.8 Å². The number of hydrogen-bond acceptors (Lipinski definition) is 4. The lowest BCUT2D eigenvalue weighted by Gasteiger charge is -2.31. The lowest BCUT2D eigenvalue weighted by Crippen LogP contribution is -2.46. The number of ether oxygens (including phenoxy) is 1. The first-order chi connectivity index (χ1) is 13.9. The fourth-order valence-corrected chi connectivity index (χ4v) is 4.64. The SMILES string of the molecule is COc1ccc(S(=O)(=O)NC2CCN(C(=O)C=Cc3ccccc3Cl)CC2)cc1. The van der Waals surface area contributed by atoms with Crippen molar-refractivity contribution in [1.82, 2.24) is 9.62 Å². The summed E-state index contributed by atoms with van der Waals surface area (Å²) in [6.45, 7) is 0.975. The lowest BCUT2D eigenvalue weighted by molar-refractivity contribution is -0.126. The van der Waals surface area contributed by atoms with E-state index in [4.69, 9.17) is 16.3 Å². The van der Waals surface area contributed by atoms with Crippen LogP contribution >= 0.6 is 11.6 Å². The van der Waals surface area contributed by atoms with Crippen LogP contribution in [-0.2, 0) is 14.8 Å². The Bertz CT molecular complexity index is 982. The highest BCUT2D eigenvalue weighted by Crippen LogP contribution is 2.19. The Morgan fingerprint density at radius 3 is 2.41 bits per heavy atom. The number of carbonyl (C=O) groups is 1. The highest BCUT2D eigenvalue weighted by atomic mass is 35.5. The van der Waals surface area contributed by atoms with E-state index in [9.17, 15) is 13.2 Å². The molecule has 1 aliphatic rings. The Morgan fingerprint density at radius 2 is 1.79 bits per heavy atom. The van der Waals surface area contributed by atoms with Crippen LogP contribution in [0.5, 0.6) is 5.75 Å². The number of piperidine rings is 1. The van der Waals surface area contributed by atoms with Crippen molar-refractivity contribution in [3.63, 3.8) is 0 Å². The molecule has 1 heterocycles. The second-order valence-corrected chi connectivity index (χ2v) is 8.87. The quantitative estimate of drug-likeness (QED) is 0.707. The topological polar surface area (TPSA) is 75.7 Å². The molecule has 0 radical (unpaired) electrons. The van der Waals surface area contributed by atoms with Crippen molar-refractivity contribution in [3.8, 4) is 5.75 Å². The van der Waals surface area contributed by atoms with Crippen molar-refractivity contribution in [3.05, 3.63) is 65.2 Å². The van der Waals surface area contributed by atoms with Crippen molar-refractivity contribution >= 4 is 33.6 Å². The Balaban J connectivity index is 1.54. The van der Waals surface area contributed by atoms with Crippen molar-refractivity contribution < 1.29 is 17.9 Å². The number of methoxy groups -OCH3 is 1. The minimum absolute atomic E-state index is 0.110. The van der Waals surface area contributed by atoms with Crippen LogP contribution in [-0.4, -0.2) is 45.5 Å². The monoisotopic (exact) mass is 434 g/mol. The van der Waals surface area contributed by atoms with E-state index in [2.05, 4.69) is 4.72 Å². The second-order valence-electron chi connectivity index (χ2n) is 6.75. The second kappa shape index (κ2) is 9.43. The van der Waals surface area contributed by atoms with E-state index in [1.807, 2.05) is 18.2 Å². The third-order valence-corrected chi connectivity index (χ3v) is 6.69. The maximum atomic E-state index is 12.6. The zero-order valence-corrected chi connectivity index (χ0v) is 17.6. The predicted molar refractivity (Wildman–Crippen MR) is 113 cm³/mol. The van der Waals surface area contributed by atoms with Gasteiger partial charge in [-0.15, -0.1) is 0 Å². The molecule has 1 fully saturated rings. The van der Waals surface area contributed by atoms with Gasteiger partial charge < -0.3 is 9.64 Å². The van der Waals surface area contributed by atoms with E-state index < -0.39 is 10.0 Å². The van der Waals surface area contributed by atoms with Gasteiger partial charge in [-0.25, -0.2) is 13.1 Å². The van der Waals surface area contributed by atoms with Crippen molar-refractivity contribution in [2.45, 2.75) is 23.8 Å². The molecule has 0 aromatic heterocycles. The van der Waals surface area contributed by atoms with Crippen molar-refractivity contribution in [1.29, 1.82) is 0 Å². The molecule has 29 heavy (non-hydrogen) atoms. The Morgan fingerprint density at radius 1 is 1.14 bits per heavy atom. The fourth-order valence-electron chi connectivity index (χ4n) is 3.14. The molecule has 1 N–H and O–H groups in total. The summed E-state index contributed by atoms with van der Waals surface area (Å²) in [5, 5.41) is 0.586. The number of rotatable bonds is 6. The smallest absolute Gasteiger partial charge is 0.246 e. The molecular weight excluding hydrogens is 412 g/mol. The zero-order chi connectivity index (χ0) is 20.9. The van der Waals surface area contributed by atoms with E-state index in [1.165, 1.54) is 25.3 Å². The lowest BCUT2D eigenvalue weighted by atomic mass is 10.1. The molecule has 0 atom stereocenters. The van der Waals surface area contributed by atoms with Crippen LogP contribution in [0.1, 0.15) is 18.4 Å². The standard InChI is InChI=1S/C21H23ClN2O4S/c1-28-18-7-9-19(10-8-18)29(26,27)23-17-12-14-24(15-13-17)21(25)11-6-16-4-2-3-5-20(16)22/h2-11,17,23H,12-15H2,1H3. The van der Waals surface area contributed by atoms with Crippen LogP contribution in [0.2, 0.25) is 5.02 Å². The molecule has 1 saturated heterocycles. The van der Waals surface area contributed by atoms with Crippen LogP contribution in [0.25, 0.3) is 6.08 Å². The Labute approximate surface area is 176 Å². The minimum atomic E-state index is -3.61. The molecule has 6 nitrogen and oxygen atoms in total. The van der Waals surface area contributed by atoms with Crippen LogP contribution in [0.15, 0.2) is 59.5 Å². The summed E-state index contributed by atoms with van der Waals surface area (Å²) in [5.74, 6) is 0.488. The summed E-state index contributed by atoms with van der Waals surface area (Å²) in [6, 6.07) is 13.3.